The zero-order valence-electron chi connectivity index (χ0n) is 36.7. The highest BCUT2D eigenvalue weighted by Gasteiger charge is 2.49. The van der Waals surface area contributed by atoms with Crippen LogP contribution >= 0.6 is 0 Å². The molecular weight excluding hydrogens is 799 g/mol. The van der Waals surface area contributed by atoms with Gasteiger partial charge in [-0.1, -0.05) is 190 Å². The molecule has 2 nitrogen and oxygen atoms in total. The lowest BCUT2D eigenvalue weighted by molar-refractivity contribution is 0.488. The van der Waals surface area contributed by atoms with E-state index in [9.17, 15) is 0 Å². The molecule has 0 bridgehead atoms. The van der Waals surface area contributed by atoms with Gasteiger partial charge in [-0.25, -0.2) is 0 Å². The van der Waals surface area contributed by atoms with Gasteiger partial charge in [-0.3, -0.25) is 0 Å². The first-order valence-electron chi connectivity index (χ1n) is 23.1. The van der Waals surface area contributed by atoms with Crippen LogP contribution in [0.4, 0.5) is 17.1 Å². The van der Waals surface area contributed by atoms with Crippen molar-refractivity contribution < 1.29 is 4.74 Å². The molecule has 0 saturated heterocycles. The monoisotopic (exact) mass is 841 g/mol. The highest BCUT2D eigenvalue weighted by atomic mass is 16.5. The van der Waals surface area contributed by atoms with E-state index >= 15 is 0 Å². The third kappa shape index (κ3) is 4.96. The molecule has 1 heterocycles. The molecule has 14 rings (SSSR count). The quantitative estimate of drug-likeness (QED) is 0.176. The van der Waals surface area contributed by atoms with Gasteiger partial charge in [0.25, 0.3) is 0 Å². The first-order valence-corrected chi connectivity index (χ1v) is 23.1. The molecule has 4 aliphatic rings. The molecule has 2 heteroatoms. The second kappa shape index (κ2) is 13.7. The maximum Gasteiger partial charge on any atom is 0.135 e. The normalized spacial score (nSPS) is 14.3. The number of anilines is 3. The highest BCUT2D eigenvalue weighted by molar-refractivity contribution is 5.99. The lowest BCUT2D eigenvalue weighted by Gasteiger charge is -2.36. The van der Waals surface area contributed by atoms with Crippen LogP contribution in [0.3, 0.4) is 0 Å². The van der Waals surface area contributed by atoms with Crippen LogP contribution in [0.1, 0.15) is 47.2 Å². The SMILES string of the molecule is CC1(C)c2ccccc2-c2ccc(N(c3ccc4c(c3)-c3ccccc3-c3ccccc3O4)c3ccc4c(c3)-c3ccccc3-c3ccccc3C43c4ccccc4-c4ccccc43)cc21. The van der Waals surface area contributed by atoms with Crippen LogP contribution in [-0.4, -0.2) is 0 Å². The van der Waals surface area contributed by atoms with Crippen LogP contribution < -0.4 is 9.64 Å². The fraction of sp³-hybridized carbons (Fsp3) is 0.0625. The molecule has 0 unspecified atom stereocenters. The van der Waals surface area contributed by atoms with Gasteiger partial charge in [0.2, 0.25) is 0 Å². The molecule has 66 heavy (non-hydrogen) atoms. The van der Waals surface area contributed by atoms with Gasteiger partial charge in [0, 0.05) is 33.6 Å². The summed E-state index contributed by atoms with van der Waals surface area (Å²) in [6.07, 6.45) is 0. The molecule has 0 atom stereocenters. The zero-order chi connectivity index (χ0) is 43.7. The van der Waals surface area contributed by atoms with E-state index in [-0.39, 0.29) is 5.41 Å². The summed E-state index contributed by atoms with van der Waals surface area (Å²) >= 11 is 0. The van der Waals surface area contributed by atoms with Crippen LogP contribution in [0.2, 0.25) is 0 Å². The van der Waals surface area contributed by atoms with E-state index in [0.29, 0.717) is 0 Å². The Kier molecular flexibility index (Phi) is 7.70. The summed E-state index contributed by atoms with van der Waals surface area (Å²) in [6.45, 7) is 4.74. The maximum absolute atomic E-state index is 6.81. The van der Waals surface area contributed by atoms with Crippen LogP contribution in [0.5, 0.6) is 11.5 Å². The van der Waals surface area contributed by atoms with Crippen molar-refractivity contribution >= 4 is 17.1 Å². The van der Waals surface area contributed by atoms with E-state index in [2.05, 4.69) is 243 Å². The summed E-state index contributed by atoms with van der Waals surface area (Å²) in [4.78, 5) is 2.48. The van der Waals surface area contributed by atoms with Crippen LogP contribution in [0, 0.1) is 0 Å². The van der Waals surface area contributed by atoms with Crippen molar-refractivity contribution in [3.8, 4) is 78.3 Å². The van der Waals surface area contributed by atoms with E-state index < -0.39 is 5.41 Å². The minimum atomic E-state index is -0.551. The number of fused-ring (bicyclic) bond motifs is 20. The second-order valence-corrected chi connectivity index (χ2v) is 18.7. The molecule has 1 spiro atoms. The number of ether oxygens (including phenoxy) is 1. The fourth-order valence-electron chi connectivity index (χ4n) is 12.3. The lowest BCUT2D eigenvalue weighted by Crippen LogP contribution is -2.29. The van der Waals surface area contributed by atoms with E-state index in [1.54, 1.807) is 0 Å². The number of para-hydroxylation sites is 1. The molecule has 0 N–H and O–H groups in total. The van der Waals surface area contributed by atoms with Crippen molar-refractivity contribution in [1.29, 1.82) is 0 Å². The minimum absolute atomic E-state index is 0.173. The van der Waals surface area contributed by atoms with E-state index in [4.69, 9.17) is 4.74 Å². The van der Waals surface area contributed by atoms with Gasteiger partial charge in [0.15, 0.2) is 0 Å². The topological polar surface area (TPSA) is 12.5 Å². The number of hydrogen-bond donors (Lipinski definition) is 0. The van der Waals surface area contributed by atoms with E-state index in [0.717, 1.165) is 50.8 Å². The number of rotatable bonds is 3. The largest absolute Gasteiger partial charge is 0.456 e. The first-order chi connectivity index (χ1) is 32.5. The van der Waals surface area contributed by atoms with Crippen molar-refractivity contribution in [3.05, 3.63) is 258 Å². The average molecular weight is 842 g/mol. The molecule has 0 amide bonds. The molecule has 0 radical (unpaired) electrons. The summed E-state index contributed by atoms with van der Waals surface area (Å²) < 4.78 is 6.81. The summed E-state index contributed by atoms with van der Waals surface area (Å²) in [5.41, 5.74) is 25.1. The molecule has 10 aromatic rings. The Morgan fingerprint density at radius 1 is 0.273 bits per heavy atom. The number of benzene rings is 10. The van der Waals surface area contributed by atoms with Gasteiger partial charge in [0.05, 0.1) is 5.41 Å². The molecular formula is C64H43NO. The molecule has 0 saturated carbocycles. The Labute approximate surface area is 385 Å². The van der Waals surface area contributed by atoms with Crippen LogP contribution in [-0.2, 0) is 10.8 Å². The van der Waals surface area contributed by atoms with Crippen molar-refractivity contribution in [2.75, 3.05) is 4.90 Å². The third-order valence-electron chi connectivity index (χ3n) is 15.1. The second-order valence-electron chi connectivity index (χ2n) is 18.7. The number of nitrogens with zero attached hydrogens (tertiary/aromatic N) is 1. The van der Waals surface area contributed by atoms with Crippen LogP contribution in [0.25, 0.3) is 66.8 Å². The maximum atomic E-state index is 6.81. The lowest BCUT2D eigenvalue weighted by atomic mass is 9.66. The van der Waals surface area contributed by atoms with E-state index in [1.807, 2.05) is 0 Å². The Morgan fingerprint density at radius 2 is 0.636 bits per heavy atom. The molecule has 0 aromatic heterocycles. The predicted octanol–water partition coefficient (Wildman–Crippen LogP) is 16.9. The molecule has 1 aliphatic heterocycles. The van der Waals surface area contributed by atoms with Crippen molar-refractivity contribution in [1.82, 2.24) is 0 Å². The van der Waals surface area contributed by atoms with Crippen molar-refractivity contribution in [2.45, 2.75) is 24.7 Å². The van der Waals surface area contributed by atoms with Gasteiger partial charge >= 0.3 is 0 Å². The Morgan fingerprint density at radius 3 is 1.26 bits per heavy atom. The molecule has 10 aromatic carbocycles. The average Bonchev–Trinajstić information content (AvgIpc) is 3.68. The summed E-state index contributed by atoms with van der Waals surface area (Å²) in [5, 5.41) is 0. The van der Waals surface area contributed by atoms with E-state index in [1.165, 1.54) is 77.9 Å². The Hall–Kier alpha value is -8.20. The van der Waals surface area contributed by atoms with Gasteiger partial charge in [-0.2, -0.15) is 0 Å². The first kappa shape index (κ1) is 37.2. The summed E-state index contributed by atoms with van der Waals surface area (Å²) in [5.74, 6) is 1.71. The minimum Gasteiger partial charge on any atom is -0.456 e. The number of hydrogen-bond acceptors (Lipinski definition) is 2. The van der Waals surface area contributed by atoms with Crippen molar-refractivity contribution in [3.63, 3.8) is 0 Å². The third-order valence-corrected chi connectivity index (χ3v) is 15.1. The van der Waals surface area contributed by atoms with Gasteiger partial charge in [0.1, 0.15) is 11.5 Å². The summed E-state index contributed by atoms with van der Waals surface area (Å²) in [7, 11) is 0. The van der Waals surface area contributed by atoms with Crippen LogP contribution in [0.15, 0.2) is 224 Å². The highest BCUT2D eigenvalue weighted by Crippen LogP contribution is 2.62. The van der Waals surface area contributed by atoms with Gasteiger partial charge < -0.3 is 9.64 Å². The standard InChI is InChI=1S/C64H43NO/c1-63(2)55-26-12-7-22-48(55)51-34-31-42(39-60(51)63)65(41-33-36-62-54(38-41)46-20-6-4-18-44(46)52-25-11-16-30-61(52)66-62)40-32-35-59-53(37-40)45-19-5-3-17-43(45)47-21-8-13-27-56(47)64(59)57-28-14-9-23-49(57)50-24-10-15-29-58(50)64/h3-39H,1-2H3. The van der Waals surface area contributed by atoms with Crippen molar-refractivity contribution in [2.24, 2.45) is 0 Å². The zero-order valence-corrected chi connectivity index (χ0v) is 36.7. The Bertz CT molecular complexity index is 3640. The molecule has 310 valence electrons. The van der Waals surface area contributed by atoms with Gasteiger partial charge in [-0.05, 0) is 138 Å². The Balaban J connectivity index is 1.05. The van der Waals surface area contributed by atoms with Gasteiger partial charge in [-0.15, -0.1) is 0 Å². The fourth-order valence-corrected chi connectivity index (χ4v) is 12.3. The molecule has 3 aliphatic carbocycles. The predicted molar refractivity (Wildman–Crippen MR) is 271 cm³/mol. The molecule has 0 fully saturated rings. The smallest absolute Gasteiger partial charge is 0.135 e. The summed E-state index contributed by atoms with van der Waals surface area (Å²) in [6, 6.07) is 83.5.